The van der Waals surface area contributed by atoms with Crippen LogP contribution in [-0.4, -0.2) is 67.9 Å². The maximum atomic E-state index is 12.3. The lowest BCUT2D eigenvalue weighted by Crippen LogP contribution is -2.42. The van der Waals surface area contributed by atoms with Gasteiger partial charge in [-0.15, -0.1) is 0 Å². The average Bonchev–Trinajstić information content (AvgIpc) is 3.19. The molecule has 0 bridgehead atoms. The van der Waals surface area contributed by atoms with Gasteiger partial charge in [0.1, 0.15) is 24.2 Å². The van der Waals surface area contributed by atoms with Crippen molar-refractivity contribution in [1.29, 1.82) is 0 Å². The minimum absolute atomic E-state index is 0.0684. The third-order valence-electron chi connectivity index (χ3n) is 5.70. The van der Waals surface area contributed by atoms with E-state index < -0.39 is 6.10 Å². The molecule has 0 aliphatic carbocycles. The normalized spacial score (nSPS) is 16.5. The van der Waals surface area contributed by atoms with E-state index in [4.69, 9.17) is 14.2 Å². The van der Waals surface area contributed by atoms with E-state index in [-0.39, 0.29) is 31.1 Å². The number of aliphatic hydroxyl groups is 1. The van der Waals surface area contributed by atoms with E-state index in [2.05, 4.69) is 5.32 Å². The number of carbonyl (C=O) groups is 2. The summed E-state index contributed by atoms with van der Waals surface area (Å²) in [4.78, 5) is 25.6. The van der Waals surface area contributed by atoms with Crippen molar-refractivity contribution >= 4 is 11.9 Å². The van der Waals surface area contributed by atoms with Gasteiger partial charge in [0.2, 0.25) is 5.91 Å². The average molecular weight is 457 g/mol. The predicted molar refractivity (Wildman–Crippen MR) is 123 cm³/mol. The summed E-state index contributed by atoms with van der Waals surface area (Å²) in [6.45, 7) is 1.76. The summed E-state index contributed by atoms with van der Waals surface area (Å²) in [6, 6.07) is 14.6. The third kappa shape index (κ3) is 7.20. The Hall–Kier alpha value is -3.10. The molecule has 1 aliphatic heterocycles. The second-order valence-electron chi connectivity index (χ2n) is 8.04. The van der Waals surface area contributed by atoms with Crippen LogP contribution < -0.4 is 14.8 Å². The molecular weight excluding hydrogens is 424 g/mol. The highest BCUT2D eigenvalue weighted by Crippen LogP contribution is 2.22. The lowest BCUT2D eigenvalue weighted by atomic mass is 10.1. The van der Waals surface area contributed by atoms with Gasteiger partial charge in [-0.05, 0) is 49.2 Å². The number of nitrogens with zero attached hydrogens (tertiary/aromatic N) is 1. The third-order valence-corrected chi connectivity index (χ3v) is 5.70. The molecule has 2 N–H and O–H groups in total. The number of nitrogens with one attached hydrogen (secondary N) is 1. The van der Waals surface area contributed by atoms with E-state index in [0.717, 1.165) is 24.9 Å². The molecule has 3 rings (SSSR count). The molecule has 33 heavy (non-hydrogen) atoms. The van der Waals surface area contributed by atoms with Gasteiger partial charge in [0, 0.05) is 25.1 Å². The van der Waals surface area contributed by atoms with Crippen LogP contribution in [0.15, 0.2) is 48.5 Å². The zero-order chi connectivity index (χ0) is 23.6. The maximum absolute atomic E-state index is 12.3. The first-order chi connectivity index (χ1) is 16.0. The summed E-state index contributed by atoms with van der Waals surface area (Å²) in [6.07, 6.45) is 1.32. The van der Waals surface area contributed by atoms with Crippen molar-refractivity contribution < 1.29 is 28.9 Å². The molecule has 0 unspecified atom stereocenters. The van der Waals surface area contributed by atoms with Crippen molar-refractivity contribution in [2.24, 2.45) is 0 Å². The van der Waals surface area contributed by atoms with Gasteiger partial charge in [0.25, 0.3) is 0 Å². The number of methoxy groups -OCH3 is 2. The van der Waals surface area contributed by atoms with Crippen molar-refractivity contribution in [3.8, 4) is 11.5 Å². The monoisotopic (exact) mass is 456 g/mol. The van der Waals surface area contributed by atoms with E-state index in [1.165, 1.54) is 7.11 Å². The quantitative estimate of drug-likeness (QED) is 0.374. The molecule has 2 aromatic carbocycles. The van der Waals surface area contributed by atoms with Crippen LogP contribution in [0.25, 0.3) is 0 Å². The number of rotatable bonds is 12. The molecule has 8 heteroatoms. The molecule has 2 atom stereocenters. The van der Waals surface area contributed by atoms with Gasteiger partial charge in [-0.1, -0.05) is 18.2 Å². The number of hydrogen-bond donors (Lipinski definition) is 2. The Balaban J connectivity index is 1.41. The summed E-state index contributed by atoms with van der Waals surface area (Å²) >= 11 is 0. The maximum Gasteiger partial charge on any atom is 0.337 e. The van der Waals surface area contributed by atoms with E-state index in [1.807, 2.05) is 24.3 Å². The molecule has 8 nitrogen and oxygen atoms in total. The number of carbonyl (C=O) groups excluding carboxylic acids is 2. The molecule has 1 aliphatic rings. The zero-order valence-electron chi connectivity index (χ0n) is 19.2. The topological polar surface area (TPSA) is 97.3 Å². The molecule has 0 saturated carbocycles. The minimum atomic E-state index is -0.776. The first kappa shape index (κ1) is 24.5. The number of esters is 1. The van der Waals surface area contributed by atoms with Crippen LogP contribution in [0.1, 0.15) is 35.2 Å². The van der Waals surface area contributed by atoms with E-state index >= 15 is 0 Å². The zero-order valence-corrected chi connectivity index (χ0v) is 19.2. The Labute approximate surface area is 194 Å². The standard InChI is InChI=1S/C25H32N2O6/c1-31-22-4-3-5-23(14-22)33-17-21(28)16-27-20(10-11-24(27)29)12-13-26-15-18-6-8-19(9-7-18)25(30)32-2/h3-9,14,20-21,26,28H,10-13,15-17H2,1-2H3/t20-,21-/m1/s1. The van der Waals surface area contributed by atoms with Gasteiger partial charge in [0.15, 0.2) is 0 Å². The summed E-state index contributed by atoms with van der Waals surface area (Å²) in [5.74, 6) is 1.01. The lowest BCUT2D eigenvalue weighted by molar-refractivity contribution is -0.130. The fourth-order valence-corrected chi connectivity index (χ4v) is 3.89. The van der Waals surface area contributed by atoms with Crippen molar-refractivity contribution in [1.82, 2.24) is 10.2 Å². The van der Waals surface area contributed by atoms with Crippen LogP contribution >= 0.6 is 0 Å². The molecular formula is C25H32N2O6. The summed E-state index contributed by atoms with van der Waals surface area (Å²) in [7, 11) is 2.95. The van der Waals surface area contributed by atoms with Gasteiger partial charge in [-0.2, -0.15) is 0 Å². The van der Waals surface area contributed by atoms with Gasteiger partial charge < -0.3 is 29.5 Å². The van der Waals surface area contributed by atoms with Gasteiger partial charge in [-0.25, -0.2) is 4.79 Å². The largest absolute Gasteiger partial charge is 0.497 e. The Morgan fingerprint density at radius 2 is 1.94 bits per heavy atom. The van der Waals surface area contributed by atoms with E-state index in [0.29, 0.717) is 30.0 Å². The van der Waals surface area contributed by atoms with Crippen LogP contribution in [0, 0.1) is 0 Å². The fraction of sp³-hybridized carbons (Fsp3) is 0.440. The van der Waals surface area contributed by atoms with Crippen LogP contribution in [0.4, 0.5) is 0 Å². The smallest absolute Gasteiger partial charge is 0.337 e. The van der Waals surface area contributed by atoms with Crippen LogP contribution in [0.2, 0.25) is 0 Å². The summed E-state index contributed by atoms with van der Waals surface area (Å²) in [5.41, 5.74) is 1.59. The Morgan fingerprint density at radius 3 is 2.67 bits per heavy atom. The molecule has 1 amide bonds. The molecule has 1 fully saturated rings. The number of benzene rings is 2. The van der Waals surface area contributed by atoms with Crippen molar-refractivity contribution in [3.63, 3.8) is 0 Å². The Bertz CT molecular complexity index is 917. The second-order valence-corrected chi connectivity index (χ2v) is 8.04. The molecule has 1 heterocycles. The number of β-amino-alcohol motifs (C(OH)–C–C–N with tert-alkyl or cyclic N) is 1. The molecule has 0 spiro atoms. The second kappa shape index (κ2) is 12.2. The number of ether oxygens (including phenoxy) is 3. The molecule has 1 saturated heterocycles. The van der Waals surface area contributed by atoms with Gasteiger partial charge >= 0.3 is 5.97 Å². The summed E-state index contributed by atoms with van der Waals surface area (Å²) in [5, 5.41) is 13.8. The van der Waals surface area contributed by atoms with E-state index in [9.17, 15) is 14.7 Å². The first-order valence-electron chi connectivity index (χ1n) is 11.1. The molecule has 2 aromatic rings. The lowest BCUT2D eigenvalue weighted by Gasteiger charge is -2.27. The minimum Gasteiger partial charge on any atom is -0.497 e. The highest BCUT2D eigenvalue weighted by atomic mass is 16.5. The van der Waals surface area contributed by atoms with Crippen molar-refractivity contribution in [2.75, 3.05) is 33.9 Å². The fourth-order valence-electron chi connectivity index (χ4n) is 3.89. The number of hydrogen-bond acceptors (Lipinski definition) is 7. The van der Waals surface area contributed by atoms with Crippen LogP contribution in [-0.2, 0) is 16.1 Å². The van der Waals surface area contributed by atoms with E-state index in [1.54, 1.807) is 36.3 Å². The molecule has 178 valence electrons. The highest BCUT2D eigenvalue weighted by molar-refractivity contribution is 5.89. The number of aliphatic hydroxyl groups excluding tert-OH is 1. The van der Waals surface area contributed by atoms with Crippen LogP contribution in [0.5, 0.6) is 11.5 Å². The first-order valence-corrected chi connectivity index (χ1v) is 11.1. The van der Waals surface area contributed by atoms with Gasteiger partial charge in [0.05, 0.1) is 26.3 Å². The number of likely N-dealkylation sites (tertiary alicyclic amines) is 1. The predicted octanol–water partition coefficient (Wildman–Crippen LogP) is 2.39. The highest BCUT2D eigenvalue weighted by Gasteiger charge is 2.31. The molecule has 0 aromatic heterocycles. The van der Waals surface area contributed by atoms with Gasteiger partial charge in [-0.3, -0.25) is 4.79 Å². The van der Waals surface area contributed by atoms with Crippen molar-refractivity contribution in [3.05, 3.63) is 59.7 Å². The number of amides is 1. The van der Waals surface area contributed by atoms with Crippen LogP contribution in [0.3, 0.4) is 0 Å². The SMILES string of the molecule is COC(=O)c1ccc(CNCC[C@H]2CCC(=O)N2C[C@@H](O)COc2cccc(OC)c2)cc1. The molecule has 0 radical (unpaired) electrons. The summed E-state index contributed by atoms with van der Waals surface area (Å²) < 4.78 is 15.5. The van der Waals surface area contributed by atoms with Crippen molar-refractivity contribution in [2.45, 2.75) is 38.0 Å². The Kier molecular flexibility index (Phi) is 9.09. The Morgan fingerprint density at radius 1 is 1.18 bits per heavy atom.